The second kappa shape index (κ2) is 10.1. The van der Waals surface area contributed by atoms with Gasteiger partial charge in [-0.25, -0.2) is 4.98 Å². The Morgan fingerprint density at radius 2 is 1.69 bits per heavy atom. The van der Waals surface area contributed by atoms with Crippen LogP contribution >= 0.6 is 0 Å². The predicted molar refractivity (Wildman–Crippen MR) is 129 cm³/mol. The fourth-order valence-corrected chi connectivity index (χ4v) is 3.85. The van der Waals surface area contributed by atoms with Crippen LogP contribution in [0.2, 0.25) is 0 Å². The monoisotopic (exact) mass is 479 g/mol. The molecule has 1 aliphatic rings. The highest BCUT2D eigenvalue weighted by atomic mass is 16.5. The average Bonchev–Trinajstić information content (AvgIpc) is 3.29. The summed E-state index contributed by atoms with van der Waals surface area (Å²) in [6, 6.07) is 11.3. The average molecular weight is 480 g/mol. The first-order valence-corrected chi connectivity index (χ1v) is 11.6. The molecule has 1 saturated carbocycles. The third kappa shape index (κ3) is 6.34. The zero-order valence-corrected chi connectivity index (χ0v) is 19.9. The number of benzene rings is 1. The van der Waals surface area contributed by atoms with E-state index in [1.54, 1.807) is 12.1 Å². The van der Waals surface area contributed by atoms with E-state index in [1.165, 1.54) is 11.8 Å². The lowest BCUT2D eigenvalue weighted by Gasteiger charge is -2.26. The molecule has 1 fully saturated rings. The van der Waals surface area contributed by atoms with E-state index in [0.29, 0.717) is 37.3 Å². The van der Waals surface area contributed by atoms with E-state index in [1.807, 2.05) is 24.3 Å². The van der Waals surface area contributed by atoms with Gasteiger partial charge in [-0.15, -0.1) is 5.10 Å². The first kappa shape index (κ1) is 24.2. The standard InChI is InChI=1S/C25H29N5O5/c1-25(2,3)16-6-8-17(9-7-16)28-24-30-29-22(35-24)21(31)27-18-10-13-20(26-14-18)34-19-11-4-15(5-12-19)23(32)33/h6-10,13-15,19H,4-5,11-12H2,1-3H3,(H,27,31)(H,28,30)(H,32,33)/t15-,19+. The van der Waals surface area contributed by atoms with Crippen LogP contribution < -0.4 is 15.4 Å². The Bertz CT molecular complexity index is 1160. The number of carboxylic acids is 1. The molecule has 0 aliphatic heterocycles. The van der Waals surface area contributed by atoms with Gasteiger partial charge in [-0.1, -0.05) is 38.0 Å². The molecule has 1 amide bonds. The number of anilines is 3. The molecule has 184 valence electrons. The summed E-state index contributed by atoms with van der Waals surface area (Å²) in [6.45, 7) is 6.43. The third-order valence-corrected chi connectivity index (χ3v) is 5.93. The lowest BCUT2D eigenvalue weighted by molar-refractivity contribution is -0.143. The number of carbonyl (C=O) groups excluding carboxylic acids is 1. The minimum absolute atomic E-state index is 0.0505. The van der Waals surface area contributed by atoms with Gasteiger partial charge in [-0.2, -0.15) is 0 Å². The number of aliphatic carboxylic acids is 1. The molecule has 0 unspecified atom stereocenters. The summed E-state index contributed by atoms with van der Waals surface area (Å²) >= 11 is 0. The summed E-state index contributed by atoms with van der Waals surface area (Å²) in [5.74, 6) is -1.37. The second-order valence-corrected chi connectivity index (χ2v) is 9.63. The van der Waals surface area contributed by atoms with Crippen molar-refractivity contribution in [1.29, 1.82) is 0 Å². The molecule has 0 atom stereocenters. The maximum absolute atomic E-state index is 12.5. The molecular formula is C25H29N5O5. The van der Waals surface area contributed by atoms with Gasteiger partial charge in [0.2, 0.25) is 5.88 Å². The summed E-state index contributed by atoms with van der Waals surface area (Å²) in [6.07, 6.45) is 3.95. The summed E-state index contributed by atoms with van der Waals surface area (Å²) < 4.78 is 11.3. The Morgan fingerprint density at radius 3 is 2.29 bits per heavy atom. The number of amides is 1. The van der Waals surface area contributed by atoms with Crippen LogP contribution in [0.25, 0.3) is 0 Å². The zero-order chi connectivity index (χ0) is 25.0. The van der Waals surface area contributed by atoms with E-state index < -0.39 is 11.9 Å². The van der Waals surface area contributed by atoms with Gasteiger partial charge in [0.15, 0.2) is 0 Å². The smallest absolute Gasteiger partial charge is 0.320 e. The van der Waals surface area contributed by atoms with E-state index in [9.17, 15) is 9.59 Å². The molecule has 35 heavy (non-hydrogen) atoms. The number of hydrogen-bond acceptors (Lipinski definition) is 8. The molecule has 2 aromatic heterocycles. The van der Waals surface area contributed by atoms with Crippen molar-refractivity contribution in [2.75, 3.05) is 10.6 Å². The number of nitrogens with zero attached hydrogens (tertiary/aromatic N) is 3. The van der Waals surface area contributed by atoms with Gasteiger partial charge < -0.3 is 24.9 Å². The SMILES string of the molecule is CC(C)(C)c1ccc(Nc2nnc(C(=O)Nc3ccc(O[C@H]4CC[C@@H](C(=O)O)CC4)nc3)o2)cc1. The number of hydrogen-bond donors (Lipinski definition) is 3. The molecule has 4 rings (SSSR count). The molecule has 0 bridgehead atoms. The van der Waals surface area contributed by atoms with Crippen LogP contribution in [0.5, 0.6) is 5.88 Å². The van der Waals surface area contributed by atoms with Gasteiger partial charge in [-0.05, 0) is 54.9 Å². The van der Waals surface area contributed by atoms with Crippen molar-refractivity contribution in [3.05, 3.63) is 54.0 Å². The van der Waals surface area contributed by atoms with Crippen molar-refractivity contribution in [2.24, 2.45) is 5.92 Å². The molecular weight excluding hydrogens is 450 g/mol. The molecule has 0 radical (unpaired) electrons. The normalized spacial score (nSPS) is 18.0. The third-order valence-electron chi connectivity index (χ3n) is 5.93. The number of pyridine rings is 1. The molecule has 10 nitrogen and oxygen atoms in total. The van der Waals surface area contributed by atoms with Crippen LogP contribution in [-0.4, -0.2) is 38.3 Å². The number of rotatable bonds is 7. The maximum Gasteiger partial charge on any atom is 0.320 e. The summed E-state index contributed by atoms with van der Waals surface area (Å²) in [5.41, 5.74) is 2.46. The molecule has 3 aromatic rings. The second-order valence-electron chi connectivity index (χ2n) is 9.63. The number of nitrogens with one attached hydrogen (secondary N) is 2. The van der Waals surface area contributed by atoms with Crippen molar-refractivity contribution in [3.63, 3.8) is 0 Å². The molecule has 10 heteroatoms. The van der Waals surface area contributed by atoms with Crippen LogP contribution in [0, 0.1) is 5.92 Å². The van der Waals surface area contributed by atoms with Crippen LogP contribution in [0.1, 0.15) is 62.7 Å². The van der Waals surface area contributed by atoms with Crippen molar-refractivity contribution in [1.82, 2.24) is 15.2 Å². The largest absolute Gasteiger partial charge is 0.481 e. The fourth-order valence-electron chi connectivity index (χ4n) is 3.85. The minimum Gasteiger partial charge on any atom is -0.481 e. The van der Waals surface area contributed by atoms with Crippen LogP contribution in [-0.2, 0) is 10.2 Å². The Kier molecular flexibility index (Phi) is 6.99. The summed E-state index contributed by atoms with van der Waals surface area (Å²) in [7, 11) is 0. The Morgan fingerprint density at radius 1 is 1.00 bits per heavy atom. The van der Waals surface area contributed by atoms with E-state index in [0.717, 1.165) is 5.69 Å². The van der Waals surface area contributed by atoms with Gasteiger partial charge in [0, 0.05) is 11.8 Å². The van der Waals surface area contributed by atoms with Gasteiger partial charge in [-0.3, -0.25) is 9.59 Å². The van der Waals surface area contributed by atoms with Crippen LogP contribution in [0.3, 0.4) is 0 Å². The van der Waals surface area contributed by atoms with Crippen LogP contribution in [0.4, 0.5) is 17.4 Å². The first-order valence-electron chi connectivity index (χ1n) is 11.6. The highest BCUT2D eigenvalue weighted by Crippen LogP contribution is 2.28. The van der Waals surface area contributed by atoms with Gasteiger partial charge >= 0.3 is 23.8 Å². The maximum atomic E-state index is 12.5. The van der Waals surface area contributed by atoms with E-state index in [4.69, 9.17) is 14.3 Å². The van der Waals surface area contributed by atoms with E-state index in [2.05, 4.69) is 46.6 Å². The Labute approximate surface area is 203 Å². The molecule has 0 spiro atoms. The van der Waals surface area contributed by atoms with Gasteiger partial charge in [0.25, 0.3) is 0 Å². The molecule has 0 saturated heterocycles. The van der Waals surface area contributed by atoms with E-state index >= 15 is 0 Å². The van der Waals surface area contributed by atoms with Crippen molar-refractivity contribution in [3.8, 4) is 5.88 Å². The molecule has 3 N–H and O–H groups in total. The molecule has 2 heterocycles. The number of carbonyl (C=O) groups is 2. The Hall–Kier alpha value is -3.95. The van der Waals surface area contributed by atoms with Gasteiger partial charge in [0.1, 0.15) is 6.10 Å². The highest BCUT2D eigenvalue weighted by Gasteiger charge is 2.27. The van der Waals surface area contributed by atoms with E-state index in [-0.39, 0.29) is 29.3 Å². The number of carboxylic acid groups (broad SMARTS) is 1. The lowest BCUT2D eigenvalue weighted by atomic mass is 9.87. The fraction of sp³-hybridized carbons (Fsp3) is 0.400. The van der Waals surface area contributed by atoms with Crippen molar-refractivity contribution >= 4 is 29.3 Å². The predicted octanol–water partition coefficient (Wildman–Crippen LogP) is 4.78. The summed E-state index contributed by atoms with van der Waals surface area (Å²) in [5, 5.41) is 22.4. The number of ether oxygens (including phenoxy) is 1. The van der Waals surface area contributed by atoms with Crippen molar-refractivity contribution < 1.29 is 23.8 Å². The Balaban J connectivity index is 1.29. The lowest BCUT2D eigenvalue weighted by Crippen LogP contribution is -2.28. The zero-order valence-electron chi connectivity index (χ0n) is 19.9. The first-order chi connectivity index (χ1) is 16.7. The highest BCUT2D eigenvalue weighted by molar-refractivity contribution is 6.00. The molecule has 1 aliphatic carbocycles. The van der Waals surface area contributed by atoms with Crippen LogP contribution in [0.15, 0.2) is 47.0 Å². The summed E-state index contributed by atoms with van der Waals surface area (Å²) in [4.78, 5) is 27.8. The van der Waals surface area contributed by atoms with Gasteiger partial charge in [0.05, 0.1) is 17.8 Å². The molecule has 1 aromatic carbocycles. The van der Waals surface area contributed by atoms with Crippen molar-refractivity contribution in [2.45, 2.75) is 58.0 Å². The minimum atomic E-state index is -0.749. The number of aromatic nitrogens is 3. The quantitative estimate of drug-likeness (QED) is 0.437. The topological polar surface area (TPSA) is 139 Å².